The zero-order valence-corrected chi connectivity index (χ0v) is 11.9. The first-order valence-electron chi connectivity index (χ1n) is 6.73. The molecule has 16 heavy (non-hydrogen) atoms. The lowest BCUT2D eigenvalue weighted by atomic mass is 9.79. The van der Waals surface area contributed by atoms with Crippen LogP contribution in [0.5, 0.6) is 0 Å². The van der Waals surface area contributed by atoms with Gasteiger partial charge in [0.05, 0.1) is 6.61 Å². The van der Waals surface area contributed by atoms with Crippen molar-refractivity contribution in [2.75, 3.05) is 26.8 Å². The third-order valence-electron chi connectivity index (χ3n) is 3.21. The Morgan fingerprint density at radius 1 is 1.25 bits per heavy atom. The van der Waals surface area contributed by atoms with Gasteiger partial charge in [0.15, 0.2) is 0 Å². The molecule has 98 valence electrons. The summed E-state index contributed by atoms with van der Waals surface area (Å²) in [7, 11) is 1.76. The molecule has 1 unspecified atom stereocenters. The SMILES string of the molecule is CCCC(C)(CCC(C)C)CNCCOC. The van der Waals surface area contributed by atoms with Gasteiger partial charge in [0.1, 0.15) is 0 Å². The van der Waals surface area contributed by atoms with Crippen LogP contribution in [0.4, 0.5) is 0 Å². The van der Waals surface area contributed by atoms with Crippen LogP contribution in [0.25, 0.3) is 0 Å². The smallest absolute Gasteiger partial charge is 0.0587 e. The Balaban J connectivity index is 3.90. The fourth-order valence-electron chi connectivity index (χ4n) is 2.11. The van der Waals surface area contributed by atoms with Gasteiger partial charge in [-0.2, -0.15) is 0 Å². The normalized spacial score (nSPS) is 15.4. The highest BCUT2D eigenvalue weighted by Gasteiger charge is 2.22. The third kappa shape index (κ3) is 8.12. The average Bonchev–Trinajstić information content (AvgIpc) is 2.22. The summed E-state index contributed by atoms with van der Waals surface area (Å²) in [6.45, 7) is 12.2. The van der Waals surface area contributed by atoms with Crippen molar-refractivity contribution in [1.82, 2.24) is 5.32 Å². The van der Waals surface area contributed by atoms with Crippen molar-refractivity contribution >= 4 is 0 Å². The lowest BCUT2D eigenvalue weighted by molar-refractivity contribution is 0.185. The molecule has 0 aliphatic carbocycles. The molecule has 0 rings (SSSR count). The van der Waals surface area contributed by atoms with Crippen molar-refractivity contribution in [3.63, 3.8) is 0 Å². The van der Waals surface area contributed by atoms with Crippen LogP contribution in [-0.2, 0) is 4.74 Å². The lowest BCUT2D eigenvalue weighted by Gasteiger charge is -2.30. The fourth-order valence-corrected chi connectivity index (χ4v) is 2.11. The van der Waals surface area contributed by atoms with E-state index < -0.39 is 0 Å². The topological polar surface area (TPSA) is 21.3 Å². The number of hydrogen-bond acceptors (Lipinski definition) is 2. The summed E-state index contributed by atoms with van der Waals surface area (Å²) in [5, 5.41) is 3.51. The van der Waals surface area contributed by atoms with Crippen LogP contribution < -0.4 is 5.32 Å². The van der Waals surface area contributed by atoms with Crippen molar-refractivity contribution in [2.24, 2.45) is 11.3 Å². The molecule has 2 nitrogen and oxygen atoms in total. The fraction of sp³-hybridized carbons (Fsp3) is 1.00. The molecular weight excluding hydrogens is 198 g/mol. The predicted molar refractivity (Wildman–Crippen MR) is 71.8 cm³/mol. The van der Waals surface area contributed by atoms with E-state index >= 15 is 0 Å². The van der Waals surface area contributed by atoms with Crippen molar-refractivity contribution in [3.8, 4) is 0 Å². The highest BCUT2D eigenvalue weighted by Crippen LogP contribution is 2.29. The molecule has 0 radical (unpaired) electrons. The van der Waals surface area contributed by atoms with E-state index in [0.29, 0.717) is 5.41 Å². The number of methoxy groups -OCH3 is 1. The van der Waals surface area contributed by atoms with Crippen LogP contribution in [0.2, 0.25) is 0 Å². The van der Waals surface area contributed by atoms with Crippen LogP contribution >= 0.6 is 0 Å². The molecule has 0 bridgehead atoms. The van der Waals surface area contributed by atoms with Gasteiger partial charge in [-0.25, -0.2) is 0 Å². The van der Waals surface area contributed by atoms with Crippen LogP contribution in [0, 0.1) is 11.3 Å². The summed E-state index contributed by atoms with van der Waals surface area (Å²) >= 11 is 0. The van der Waals surface area contributed by atoms with Gasteiger partial charge < -0.3 is 10.1 Å². The largest absolute Gasteiger partial charge is 0.383 e. The van der Waals surface area contributed by atoms with Gasteiger partial charge in [-0.15, -0.1) is 0 Å². The zero-order valence-electron chi connectivity index (χ0n) is 11.9. The maximum Gasteiger partial charge on any atom is 0.0587 e. The van der Waals surface area contributed by atoms with E-state index in [1.807, 2.05) is 0 Å². The minimum Gasteiger partial charge on any atom is -0.383 e. The maximum absolute atomic E-state index is 5.05. The quantitative estimate of drug-likeness (QED) is 0.579. The molecular formula is C14H31NO. The van der Waals surface area contributed by atoms with Crippen molar-refractivity contribution in [1.29, 1.82) is 0 Å². The second-order valence-corrected chi connectivity index (χ2v) is 5.66. The van der Waals surface area contributed by atoms with Crippen LogP contribution in [-0.4, -0.2) is 26.8 Å². The van der Waals surface area contributed by atoms with E-state index in [2.05, 4.69) is 33.0 Å². The van der Waals surface area contributed by atoms with E-state index in [9.17, 15) is 0 Å². The monoisotopic (exact) mass is 229 g/mol. The Morgan fingerprint density at radius 3 is 2.44 bits per heavy atom. The molecule has 0 aliphatic rings. The van der Waals surface area contributed by atoms with Gasteiger partial charge >= 0.3 is 0 Å². The van der Waals surface area contributed by atoms with Crippen LogP contribution in [0.3, 0.4) is 0 Å². The van der Waals surface area contributed by atoms with Gasteiger partial charge in [0.25, 0.3) is 0 Å². The van der Waals surface area contributed by atoms with Gasteiger partial charge in [0.2, 0.25) is 0 Å². The second kappa shape index (κ2) is 9.00. The third-order valence-corrected chi connectivity index (χ3v) is 3.21. The minimum atomic E-state index is 0.465. The summed E-state index contributed by atoms with van der Waals surface area (Å²) in [6, 6.07) is 0. The van der Waals surface area contributed by atoms with E-state index in [1.54, 1.807) is 7.11 Å². The first kappa shape index (κ1) is 15.9. The van der Waals surface area contributed by atoms with Gasteiger partial charge in [-0.1, -0.05) is 40.5 Å². The van der Waals surface area contributed by atoms with Crippen molar-refractivity contribution < 1.29 is 4.74 Å². The van der Waals surface area contributed by atoms with E-state index in [4.69, 9.17) is 4.74 Å². The standard InChI is InChI=1S/C14H31NO/c1-6-8-14(4,9-7-13(2)3)12-15-10-11-16-5/h13,15H,6-12H2,1-5H3. The summed E-state index contributed by atoms with van der Waals surface area (Å²) in [5.41, 5.74) is 0.465. The minimum absolute atomic E-state index is 0.465. The second-order valence-electron chi connectivity index (χ2n) is 5.66. The van der Waals surface area contributed by atoms with E-state index in [1.165, 1.54) is 25.7 Å². The van der Waals surface area contributed by atoms with Crippen molar-refractivity contribution in [3.05, 3.63) is 0 Å². The Kier molecular flexibility index (Phi) is 8.96. The number of hydrogen-bond donors (Lipinski definition) is 1. The molecule has 2 heteroatoms. The molecule has 1 N–H and O–H groups in total. The van der Waals surface area contributed by atoms with Crippen LogP contribution in [0.15, 0.2) is 0 Å². The Bertz CT molecular complexity index is 159. The molecule has 0 aliphatic heterocycles. The zero-order chi connectivity index (χ0) is 12.4. The summed E-state index contributed by atoms with van der Waals surface area (Å²) in [4.78, 5) is 0. The molecule has 0 saturated carbocycles. The molecule has 0 heterocycles. The molecule has 0 fully saturated rings. The molecule has 0 aromatic heterocycles. The molecule has 0 saturated heterocycles. The van der Waals surface area contributed by atoms with E-state index in [0.717, 1.165) is 25.6 Å². The summed E-state index contributed by atoms with van der Waals surface area (Å²) in [5.74, 6) is 0.815. The average molecular weight is 229 g/mol. The van der Waals surface area contributed by atoms with Crippen molar-refractivity contribution in [2.45, 2.75) is 53.4 Å². The first-order chi connectivity index (χ1) is 7.54. The lowest BCUT2D eigenvalue weighted by Crippen LogP contribution is -2.34. The number of rotatable bonds is 10. The van der Waals surface area contributed by atoms with Gasteiger partial charge in [0, 0.05) is 20.2 Å². The molecule has 0 amide bonds. The number of nitrogens with one attached hydrogen (secondary N) is 1. The van der Waals surface area contributed by atoms with Gasteiger partial charge in [-0.05, 0) is 24.2 Å². The Morgan fingerprint density at radius 2 is 1.94 bits per heavy atom. The predicted octanol–water partition coefficient (Wildman–Crippen LogP) is 3.47. The highest BCUT2D eigenvalue weighted by atomic mass is 16.5. The Hall–Kier alpha value is -0.0800. The Labute approximate surface area is 102 Å². The first-order valence-corrected chi connectivity index (χ1v) is 6.73. The molecule has 0 aromatic rings. The molecule has 0 aromatic carbocycles. The highest BCUT2D eigenvalue weighted by molar-refractivity contribution is 4.77. The maximum atomic E-state index is 5.05. The summed E-state index contributed by atoms with van der Waals surface area (Å²) in [6.07, 6.45) is 5.27. The molecule has 0 spiro atoms. The van der Waals surface area contributed by atoms with E-state index in [-0.39, 0.29) is 0 Å². The molecule has 1 atom stereocenters. The summed E-state index contributed by atoms with van der Waals surface area (Å²) < 4.78 is 5.05. The number of ether oxygens (including phenoxy) is 1. The van der Waals surface area contributed by atoms with Crippen LogP contribution in [0.1, 0.15) is 53.4 Å². The van der Waals surface area contributed by atoms with Gasteiger partial charge in [-0.3, -0.25) is 0 Å².